The molecular formula is C26H32O8. The fourth-order valence-electron chi connectivity index (χ4n) is 9.61. The molecule has 1 N–H and O–H groups in total. The molecule has 184 valence electrons. The SMILES string of the molecule is CC(C)C12OC3(C)OC1(O)C1(C)CC34C3=CC(=O)OC(C)(C)C3=CCC4(C)[C@]2([C@H]2CO2)C(=O)O1. The van der Waals surface area contributed by atoms with E-state index in [9.17, 15) is 14.7 Å². The Hall–Kier alpha value is -1.74. The minimum Gasteiger partial charge on any atom is -0.453 e. The Bertz CT molecular complexity index is 1170. The van der Waals surface area contributed by atoms with E-state index in [1.54, 1.807) is 6.92 Å². The Morgan fingerprint density at radius 1 is 1.03 bits per heavy atom. The summed E-state index contributed by atoms with van der Waals surface area (Å²) in [6.07, 6.45) is 3.89. The van der Waals surface area contributed by atoms with E-state index in [0.717, 1.165) is 11.1 Å². The first-order valence-electron chi connectivity index (χ1n) is 12.3. The second kappa shape index (κ2) is 5.19. The van der Waals surface area contributed by atoms with Crippen LogP contribution < -0.4 is 0 Å². The van der Waals surface area contributed by atoms with Gasteiger partial charge in [0.15, 0.2) is 17.0 Å². The summed E-state index contributed by atoms with van der Waals surface area (Å²) in [6.45, 7) is 13.7. The van der Waals surface area contributed by atoms with Crippen LogP contribution in [0.2, 0.25) is 0 Å². The average Bonchev–Trinajstić information content (AvgIpc) is 3.49. The van der Waals surface area contributed by atoms with Crippen molar-refractivity contribution in [3.8, 4) is 0 Å². The summed E-state index contributed by atoms with van der Waals surface area (Å²) in [4.78, 5) is 27.2. The van der Waals surface area contributed by atoms with Gasteiger partial charge in [-0.25, -0.2) is 4.79 Å². The first-order chi connectivity index (χ1) is 15.6. The van der Waals surface area contributed by atoms with Crippen LogP contribution >= 0.6 is 0 Å². The van der Waals surface area contributed by atoms with E-state index >= 15 is 0 Å². The summed E-state index contributed by atoms with van der Waals surface area (Å²) in [5.41, 5.74) is -5.17. The zero-order chi connectivity index (χ0) is 24.5. The predicted octanol–water partition coefficient (Wildman–Crippen LogP) is 2.54. The molecule has 6 unspecified atom stereocenters. The number of esters is 2. The largest absolute Gasteiger partial charge is 0.453 e. The third-order valence-corrected chi connectivity index (χ3v) is 10.7. The fourth-order valence-corrected chi connectivity index (χ4v) is 9.61. The molecule has 3 bridgehead atoms. The molecule has 34 heavy (non-hydrogen) atoms. The minimum atomic E-state index is -1.89. The van der Waals surface area contributed by atoms with Crippen molar-refractivity contribution in [1.82, 2.24) is 0 Å². The van der Waals surface area contributed by atoms with Gasteiger partial charge in [-0.1, -0.05) is 26.8 Å². The second-order valence-electron chi connectivity index (χ2n) is 12.7. The molecule has 0 amide bonds. The van der Waals surface area contributed by atoms with Crippen molar-refractivity contribution in [2.75, 3.05) is 6.61 Å². The van der Waals surface area contributed by atoms with Gasteiger partial charge in [-0.05, 0) is 51.2 Å². The third-order valence-electron chi connectivity index (χ3n) is 10.7. The van der Waals surface area contributed by atoms with E-state index in [-0.39, 0.29) is 12.3 Å². The van der Waals surface area contributed by atoms with Crippen LogP contribution in [0.25, 0.3) is 0 Å². The fraction of sp³-hybridized carbons (Fsp3) is 0.769. The molecule has 5 fully saturated rings. The predicted molar refractivity (Wildman–Crippen MR) is 116 cm³/mol. The van der Waals surface area contributed by atoms with Gasteiger partial charge in [-0.2, -0.15) is 0 Å². The molecular weight excluding hydrogens is 440 g/mol. The number of ether oxygens (including phenoxy) is 5. The topological polar surface area (TPSA) is 104 Å². The number of hydrogen-bond acceptors (Lipinski definition) is 8. The molecule has 7 rings (SSSR count). The van der Waals surface area contributed by atoms with Gasteiger partial charge in [0, 0.05) is 17.9 Å². The number of epoxide rings is 1. The van der Waals surface area contributed by atoms with Gasteiger partial charge in [-0.3, -0.25) is 4.79 Å². The van der Waals surface area contributed by atoms with Crippen molar-refractivity contribution in [3.05, 3.63) is 23.3 Å². The lowest BCUT2D eigenvalue weighted by molar-refractivity contribution is -0.375. The van der Waals surface area contributed by atoms with Gasteiger partial charge in [0.25, 0.3) is 0 Å². The van der Waals surface area contributed by atoms with Crippen LogP contribution in [-0.2, 0) is 33.3 Å². The maximum atomic E-state index is 14.3. The number of cyclic esters (lactones) is 1. The normalized spacial score (nSPS) is 57.5. The summed E-state index contributed by atoms with van der Waals surface area (Å²) < 4.78 is 31.5. The number of fused-ring (bicyclic) bond motifs is 2. The summed E-state index contributed by atoms with van der Waals surface area (Å²) in [5.74, 6) is -4.36. The standard InChI is InChI=1S/C26H32O8/c1-13(2)25-24(16-11-30-16)18(28)32-21(6)12-23(22(7,33-25)34-26(21,25)29)15-10-17(27)31-19(3,4)14(15)8-9-20(23,24)5/h8,10,13,16,29H,9,11-12H2,1-7H3/t16-,20?,21?,22?,23?,24+,25?,26?/m1/s1. The van der Waals surface area contributed by atoms with Crippen molar-refractivity contribution in [2.45, 2.75) is 95.8 Å². The van der Waals surface area contributed by atoms with Gasteiger partial charge in [0.1, 0.15) is 17.1 Å². The van der Waals surface area contributed by atoms with Gasteiger partial charge >= 0.3 is 11.9 Å². The van der Waals surface area contributed by atoms with E-state index in [0.29, 0.717) is 13.0 Å². The quantitative estimate of drug-likeness (QED) is 0.483. The average molecular weight is 473 g/mol. The van der Waals surface area contributed by atoms with Gasteiger partial charge in [0.05, 0.1) is 12.0 Å². The molecule has 6 heterocycles. The molecule has 0 radical (unpaired) electrons. The van der Waals surface area contributed by atoms with Crippen molar-refractivity contribution < 1.29 is 38.4 Å². The number of carbonyl (C=O) groups is 2. The van der Waals surface area contributed by atoms with Crippen LogP contribution in [0.4, 0.5) is 0 Å². The Morgan fingerprint density at radius 3 is 2.32 bits per heavy atom. The molecule has 6 aliphatic heterocycles. The summed E-state index contributed by atoms with van der Waals surface area (Å²) in [5, 5.41) is 12.5. The third kappa shape index (κ3) is 1.60. The maximum absolute atomic E-state index is 14.3. The molecule has 8 nitrogen and oxygen atoms in total. The van der Waals surface area contributed by atoms with Crippen molar-refractivity contribution in [2.24, 2.45) is 22.2 Å². The van der Waals surface area contributed by atoms with E-state index in [2.05, 4.69) is 13.0 Å². The highest BCUT2D eigenvalue weighted by molar-refractivity contribution is 5.90. The maximum Gasteiger partial charge on any atom is 0.331 e. The molecule has 0 saturated carbocycles. The number of rotatable bonds is 2. The smallest absolute Gasteiger partial charge is 0.331 e. The molecule has 5 saturated heterocycles. The highest BCUT2D eigenvalue weighted by atomic mass is 16.8. The van der Waals surface area contributed by atoms with Gasteiger partial charge in [0.2, 0.25) is 5.79 Å². The van der Waals surface area contributed by atoms with Gasteiger partial charge in [-0.15, -0.1) is 0 Å². The van der Waals surface area contributed by atoms with Crippen LogP contribution in [0.5, 0.6) is 0 Å². The summed E-state index contributed by atoms with van der Waals surface area (Å²) >= 11 is 0. The second-order valence-corrected chi connectivity index (χ2v) is 12.7. The van der Waals surface area contributed by atoms with Crippen molar-refractivity contribution in [3.63, 3.8) is 0 Å². The molecule has 0 aromatic heterocycles. The lowest BCUT2D eigenvalue weighted by Gasteiger charge is -2.69. The lowest BCUT2D eigenvalue weighted by atomic mass is 9.37. The van der Waals surface area contributed by atoms with Crippen molar-refractivity contribution >= 4 is 11.9 Å². The van der Waals surface area contributed by atoms with Crippen molar-refractivity contribution in [1.29, 1.82) is 0 Å². The molecule has 1 spiro atoms. The Morgan fingerprint density at radius 2 is 1.71 bits per heavy atom. The minimum absolute atomic E-state index is 0.255. The molecule has 8 atom stereocenters. The van der Waals surface area contributed by atoms with E-state index in [1.807, 2.05) is 34.6 Å². The highest BCUT2D eigenvalue weighted by Crippen LogP contribution is 2.88. The number of hydrogen-bond donors (Lipinski definition) is 1. The Balaban J connectivity index is 1.68. The highest BCUT2D eigenvalue weighted by Gasteiger charge is 3.01. The zero-order valence-corrected chi connectivity index (χ0v) is 20.7. The Kier molecular flexibility index (Phi) is 3.29. The van der Waals surface area contributed by atoms with Gasteiger partial charge < -0.3 is 28.8 Å². The number of carbonyl (C=O) groups excluding carboxylic acids is 2. The molecule has 0 aromatic rings. The molecule has 8 heteroatoms. The Labute approximate surface area is 198 Å². The summed E-state index contributed by atoms with van der Waals surface area (Å²) in [7, 11) is 0. The molecule has 0 aromatic carbocycles. The number of allylic oxidation sites excluding steroid dienone is 1. The first-order valence-corrected chi connectivity index (χ1v) is 12.3. The lowest BCUT2D eigenvalue weighted by Crippen LogP contribution is -2.83. The monoisotopic (exact) mass is 472 g/mol. The van der Waals surface area contributed by atoms with E-state index < -0.39 is 62.7 Å². The first kappa shape index (κ1) is 21.5. The van der Waals surface area contributed by atoms with Crippen LogP contribution in [0, 0.1) is 22.2 Å². The van der Waals surface area contributed by atoms with Crippen LogP contribution in [0.3, 0.4) is 0 Å². The molecule has 7 aliphatic rings. The number of aliphatic hydroxyl groups is 1. The van der Waals surface area contributed by atoms with E-state index in [1.165, 1.54) is 6.08 Å². The van der Waals surface area contributed by atoms with Crippen LogP contribution in [0.1, 0.15) is 61.3 Å². The van der Waals surface area contributed by atoms with Crippen LogP contribution in [0.15, 0.2) is 23.3 Å². The van der Waals surface area contributed by atoms with Crippen LogP contribution in [-0.4, -0.2) is 58.1 Å². The molecule has 1 aliphatic carbocycles. The zero-order valence-electron chi connectivity index (χ0n) is 20.7. The van der Waals surface area contributed by atoms with E-state index in [4.69, 9.17) is 23.7 Å². The summed E-state index contributed by atoms with van der Waals surface area (Å²) in [6, 6.07) is 0.